The molecule has 0 aliphatic carbocycles. The average molecular weight is 376 g/mol. The molecule has 142 valence electrons. The van der Waals surface area contributed by atoms with Gasteiger partial charge >= 0.3 is 0 Å². The lowest BCUT2D eigenvalue weighted by Gasteiger charge is -2.09. The molecule has 0 saturated heterocycles. The van der Waals surface area contributed by atoms with Crippen molar-refractivity contribution in [2.75, 3.05) is 13.2 Å². The van der Waals surface area contributed by atoms with E-state index in [0.717, 1.165) is 34.5 Å². The fraction of sp³-hybridized carbons (Fsp3) is 0.250. The molecule has 1 amide bonds. The van der Waals surface area contributed by atoms with Crippen molar-refractivity contribution in [3.05, 3.63) is 64.6 Å². The number of carbonyl (C=O) groups excluding carboxylic acids is 1. The zero-order chi connectivity index (χ0) is 19.6. The molecule has 0 unspecified atom stereocenters. The number of benzene rings is 2. The van der Waals surface area contributed by atoms with Crippen LogP contribution in [0, 0.1) is 31.3 Å². The zero-order valence-electron chi connectivity index (χ0n) is 15.0. The summed E-state index contributed by atoms with van der Waals surface area (Å²) in [4.78, 5) is 15.1. The van der Waals surface area contributed by atoms with Gasteiger partial charge in [-0.15, -0.1) is 0 Å². The van der Waals surface area contributed by atoms with Gasteiger partial charge in [0.2, 0.25) is 0 Å². The summed E-state index contributed by atoms with van der Waals surface area (Å²) in [6.07, 6.45) is 0.433. The van der Waals surface area contributed by atoms with Crippen LogP contribution in [0.25, 0.3) is 10.9 Å². The highest BCUT2D eigenvalue weighted by Crippen LogP contribution is 2.27. The second kappa shape index (κ2) is 7.73. The summed E-state index contributed by atoms with van der Waals surface area (Å²) in [5.41, 5.74) is 3.34. The van der Waals surface area contributed by atoms with E-state index in [4.69, 9.17) is 4.74 Å². The van der Waals surface area contributed by atoms with Crippen LogP contribution in [0.3, 0.4) is 0 Å². The Morgan fingerprint density at radius 3 is 2.63 bits per heavy atom. The van der Waals surface area contributed by atoms with E-state index in [1.165, 1.54) is 6.07 Å². The molecule has 0 aliphatic heterocycles. The van der Waals surface area contributed by atoms with Gasteiger partial charge in [0, 0.05) is 23.7 Å². The van der Waals surface area contributed by atoms with Crippen molar-refractivity contribution in [3.8, 4) is 5.75 Å². The lowest BCUT2D eigenvalue weighted by Crippen LogP contribution is -2.30. The molecule has 1 heterocycles. The van der Waals surface area contributed by atoms with Gasteiger partial charge in [0.05, 0.1) is 5.52 Å². The van der Waals surface area contributed by atoms with Crippen molar-refractivity contribution in [1.82, 2.24) is 10.3 Å². The Kier molecular flexibility index (Phi) is 5.39. The predicted octanol–water partition coefficient (Wildman–Crippen LogP) is 3.94. The molecule has 3 rings (SSSR count). The number of carbonyl (C=O) groups is 1. The largest absolute Gasteiger partial charge is 0.481 e. The Bertz CT molecular complexity index is 999. The van der Waals surface area contributed by atoms with Gasteiger partial charge in [0.15, 0.2) is 18.2 Å². The molecule has 0 radical (unpaired) electrons. The van der Waals surface area contributed by atoms with Crippen LogP contribution in [-0.2, 0) is 11.2 Å². The summed E-state index contributed by atoms with van der Waals surface area (Å²) in [5.74, 6) is -2.55. The third-order valence-electron chi connectivity index (χ3n) is 4.38. The van der Waals surface area contributed by atoms with E-state index in [9.17, 15) is 18.0 Å². The number of nitrogens with one attached hydrogen (secondary N) is 2. The van der Waals surface area contributed by atoms with E-state index in [2.05, 4.69) is 10.3 Å². The fourth-order valence-corrected chi connectivity index (χ4v) is 3.01. The van der Waals surface area contributed by atoms with E-state index in [0.29, 0.717) is 17.9 Å². The Morgan fingerprint density at radius 1 is 1.11 bits per heavy atom. The van der Waals surface area contributed by atoms with Crippen LogP contribution in [0.15, 0.2) is 30.3 Å². The number of hydrogen-bond acceptors (Lipinski definition) is 2. The van der Waals surface area contributed by atoms with Crippen molar-refractivity contribution < 1.29 is 22.7 Å². The minimum Gasteiger partial charge on any atom is -0.481 e. The maximum Gasteiger partial charge on any atom is 0.257 e. The second-order valence-corrected chi connectivity index (χ2v) is 6.31. The smallest absolute Gasteiger partial charge is 0.257 e. The van der Waals surface area contributed by atoms with Crippen LogP contribution >= 0.6 is 0 Å². The van der Waals surface area contributed by atoms with Crippen LogP contribution < -0.4 is 10.1 Å². The monoisotopic (exact) mass is 376 g/mol. The van der Waals surface area contributed by atoms with Crippen LogP contribution in [0.5, 0.6) is 5.75 Å². The third-order valence-corrected chi connectivity index (χ3v) is 4.38. The quantitative estimate of drug-likeness (QED) is 0.685. The van der Waals surface area contributed by atoms with E-state index in [-0.39, 0.29) is 18.1 Å². The molecule has 0 aliphatic rings. The fourth-order valence-electron chi connectivity index (χ4n) is 3.01. The third kappa shape index (κ3) is 4.07. The van der Waals surface area contributed by atoms with Crippen molar-refractivity contribution in [3.63, 3.8) is 0 Å². The Balaban J connectivity index is 1.58. The summed E-state index contributed by atoms with van der Waals surface area (Å²) >= 11 is 0. The zero-order valence-corrected chi connectivity index (χ0v) is 15.0. The van der Waals surface area contributed by atoms with Crippen molar-refractivity contribution in [1.29, 1.82) is 0 Å². The topological polar surface area (TPSA) is 54.1 Å². The van der Waals surface area contributed by atoms with Gasteiger partial charge in [-0.25, -0.2) is 13.2 Å². The van der Waals surface area contributed by atoms with Gasteiger partial charge in [0.25, 0.3) is 5.91 Å². The lowest BCUT2D eigenvalue weighted by molar-refractivity contribution is -0.123. The second-order valence-electron chi connectivity index (χ2n) is 6.31. The average Bonchev–Trinajstić information content (AvgIpc) is 2.95. The minimum absolute atomic E-state index is 0.198. The summed E-state index contributed by atoms with van der Waals surface area (Å²) in [6.45, 7) is 3.63. The lowest BCUT2D eigenvalue weighted by atomic mass is 10.1. The number of amides is 1. The van der Waals surface area contributed by atoms with Crippen LogP contribution in [0.1, 0.15) is 16.8 Å². The highest BCUT2D eigenvalue weighted by molar-refractivity contribution is 5.88. The maximum atomic E-state index is 14.2. The number of fused-ring (bicyclic) bond motifs is 1. The van der Waals surface area contributed by atoms with Crippen LogP contribution in [0.4, 0.5) is 13.2 Å². The molecule has 27 heavy (non-hydrogen) atoms. The first-order valence-corrected chi connectivity index (χ1v) is 8.47. The maximum absolute atomic E-state index is 14.2. The predicted molar refractivity (Wildman–Crippen MR) is 96.3 cm³/mol. The van der Waals surface area contributed by atoms with Gasteiger partial charge in [0.1, 0.15) is 11.6 Å². The number of aryl methyl sites for hydroxylation is 2. The Hall–Kier alpha value is -2.96. The number of ether oxygens (including phenoxy) is 1. The number of hydrogen-bond donors (Lipinski definition) is 2. The molecule has 0 saturated carbocycles. The SMILES string of the molecule is Cc1[nH]c2c(C)ccc(F)c2c1CCNC(=O)COc1ccc(F)cc1F. The van der Waals surface area contributed by atoms with Gasteiger partial charge in [-0.2, -0.15) is 0 Å². The van der Waals surface area contributed by atoms with Crippen molar-refractivity contribution >= 4 is 16.8 Å². The standard InChI is InChI=1S/C20H19F3N2O2/c1-11-3-5-15(22)19-14(12(2)25-20(11)19)7-8-24-18(26)10-27-17-6-4-13(21)9-16(17)23/h3-6,9,25H,7-8,10H2,1-2H3,(H,24,26). The first-order valence-electron chi connectivity index (χ1n) is 8.47. The number of H-pyrrole nitrogens is 1. The molecule has 1 aromatic heterocycles. The molecule has 0 atom stereocenters. The van der Waals surface area contributed by atoms with Gasteiger partial charge in [-0.05, 0) is 49.6 Å². The number of rotatable bonds is 6. The van der Waals surface area contributed by atoms with Crippen molar-refractivity contribution in [2.24, 2.45) is 0 Å². The molecule has 4 nitrogen and oxygen atoms in total. The summed E-state index contributed by atoms with van der Waals surface area (Å²) < 4.78 is 45.6. The van der Waals surface area contributed by atoms with Crippen LogP contribution in [0.2, 0.25) is 0 Å². The van der Waals surface area contributed by atoms with Crippen molar-refractivity contribution in [2.45, 2.75) is 20.3 Å². The molecule has 2 aromatic carbocycles. The first kappa shape index (κ1) is 18.8. The first-order chi connectivity index (χ1) is 12.9. The Morgan fingerprint density at radius 2 is 1.89 bits per heavy atom. The summed E-state index contributed by atoms with van der Waals surface area (Å²) in [5, 5.41) is 3.18. The molecule has 2 N–H and O–H groups in total. The van der Waals surface area contributed by atoms with E-state index in [1.807, 2.05) is 13.8 Å². The molecule has 0 spiro atoms. The van der Waals surface area contributed by atoms with Gasteiger partial charge in [-0.3, -0.25) is 4.79 Å². The van der Waals surface area contributed by atoms with E-state index < -0.39 is 24.1 Å². The highest BCUT2D eigenvalue weighted by Gasteiger charge is 2.14. The molecule has 0 bridgehead atoms. The van der Waals surface area contributed by atoms with Gasteiger partial charge < -0.3 is 15.0 Å². The molecule has 0 fully saturated rings. The normalized spacial score (nSPS) is 11.0. The van der Waals surface area contributed by atoms with Gasteiger partial charge in [-0.1, -0.05) is 6.07 Å². The molecule has 3 aromatic rings. The Labute approximate surface area is 154 Å². The number of halogens is 3. The molecular weight excluding hydrogens is 357 g/mol. The minimum atomic E-state index is -0.872. The molecule has 7 heteroatoms. The number of aromatic nitrogens is 1. The highest BCUT2D eigenvalue weighted by atomic mass is 19.1. The van der Waals surface area contributed by atoms with E-state index >= 15 is 0 Å². The summed E-state index contributed by atoms with van der Waals surface area (Å²) in [7, 11) is 0. The number of aromatic amines is 1. The molecular formula is C20H19F3N2O2. The summed E-state index contributed by atoms with van der Waals surface area (Å²) in [6, 6.07) is 6.00. The van der Waals surface area contributed by atoms with Crippen LogP contribution in [-0.4, -0.2) is 24.0 Å². The van der Waals surface area contributed by atoms with E-state index in [1.54, 1.807) is 6.07 Å².